The summed E-state index contributed by atoms with van der Waals surface area (Å²) in [4.78, 5) is 37.5. The molecule has 0 amide bonds. The van der Waals surface area contributed by atoms with Gasteiger partial charge in [0.2, 0.25) is 0 Å². The lowest BCUT2D eigenvalue weighted by molar-refractivity contribution is -0.182. The summed E-state index contributed by atoms with van der Waals surface area (Å²) in [6.45, 7) is 8.28. The number of rotatable bonds is 4. The van der Waals surface area contributed by atoms with Gasteiger partial charge in [0, 0.05) is 17.3 Å². The molecule has 4 nitrogen and oxygen atoms in total. The van der Waals surface area contributed by atoms with Crippen molar-refractivity contribution in [3.8, 4) is 0 Å². The molecule has 4 aliphatic rings. The van der Waals surface area contributed by atoms with Gasteiger partial charge in [-0.3, -0.25) is 14.4 Å². The summed E-state index contributed by atoms with van der Waals surface area (Å²) in [5.74, 6) is 0.218. The number of ketones is 2. The summed E-state index contributed by atoms with van der Waals surface area (Å²) >= 11 is 6.02. The van der Waals surface area contributed by atoms with E-state index in [0.29, 0.717) is 18.8 Å². The first-order chi connectivity index (χ1) is 14.1. The minimum atomic E-state index is -1.15. The van der Waals surface area contributed by atoms with Crippen LogP contribution < -0.4 is 0 Å². The molecule has 0 unspecified atom stereocenters. The highest BCUT2D eigenvalue weighted by molar-refractivity contribution is 6.29. The maximum absolute atomic E-state index is 13.1. The maximum Gasteiger partial charge on any atom is 0.306 e. The van der Waals surface area contributed by atoms with Crippen molar-refractivity contribution >= 4 is 29.1 Å². The molecule has 0 aromatic heterocycles. The van der Waals surface area contributed by atoms with Crippen molar-refractivity contribution in [3.05, 3.63) is 35.5 Å². The summed E-state index contributed by atoms with van der Waals surface area (Å²) in [6, 6.07) is 0. The summed E-state index contributed by atoms with van der Waals surface area (Å²) in [7, 11) is 0. The molecular formula is C25H31ClO4. The van der Waals surface area contributed by atoms with Crippen molar-refractivity contribution in [1.29, 1.82) is 0 Å². The molecule has 0 aliphatic heterocycles. The average Bonchev–Trinajstić information content (AvgIpc) is 3.02. The Balaban J connectivity index is 1.80. The van der Waals surface area contributed by atoms with E-state index in [1.54, 1.807) is 13.0 Å². The first-order valence-electron chi connectivity index (χ1n) is 11.1. The molecule has 0 spiro atoms. The van der Waals surface area contributed by atoms with Gasteiger partial charge < -0.3 is 4.74 Å². The van der Waals surface area contributed by atoms with Crippen molar-refractivity contribution in [3.63, 3.8) is 0 Å². The van der Waals surface area contributed by atoms with Crippen LogP contribution in [0.15, 0.2) is 35.5 Å². The molecule has 0 heterocycles. The zero-order valence-corrected chi connectivity index (χ0v) is 19.1. The van der Waals surface area contributed by atoms with E-state index < -0.39 is 11.0 Å². The molecule has 0 bridgehead atoms. The van der Waals surface area contributed by atoms with E-state index in [9.17, 15) is 14.4 Å². The van der Waals surface area contributed by atoms with Crippen LogP contribution in [0.4, 0.5) is 0 Å². The number of hydrogen-bond donors (Lipinski definition) is 0. The van der Waals surface area contributed by atoms with E-state index in [-0.39, 0.29) is 47.1 Å². The lowest BCUT2D eigenvalue weighted by Gasteiger charge is -2.55. The fourth-order valence-corrected chi connectivity index (χ4v) is 7.20. The van der Waals surface area contributed by atoms with Crippen LogP contribution in [0.1, 0.15) is 59.8 Å². The number of fused-ring (bicyclic) bond motifs is 5. The number of carbonyl (C=O) groups is 3. The molecule has 4 aliphatic carbocycles. The molecule has 5 heteroatoms. The Morgan fingerprint density at radius 3 is 2.67 bits per heavy atom. The minimum Gasteiger partial charge on any atom is -0.450 e. The zero-order valence-electron chi connectivity index (χ0n) is 18.3. The van der Waals surface area contributed by atoms with Crippen molar-refractivity contribution in [2.75, 3.05) is 5.88 Å². The fourth-order valence-electron chi connectivity index (χ4n) is 6.98. The van der Waals surface area contributed by atoms with Crippen LogP contribution in [-0.4, -0.2) is 29.0 Å². The Morgan fingerprint density at radius 2 is 2.00 bits per heavy atom. The Bertz CT molecular complexity index is 899. The van der Waals surface area contributed by atoms with Gasteiger partial charge in [0.1, 0.15) is 0 Å². The summed E-state index contributed by atoms with van der Waals surface area (Å²) in [5.41, 5.74) is 0.685. The van der Waals surface area contributed by atoms with E-state index in [4.69, 9.17) is 16.3 Å². The van der Waals surface area contributed by atoms with Gasteiger partial charge in [-0.05, 0) is 68.1 Å². The van der Waals surface area contributed by atoms with E-state index in [1.165, 1.54) is 11.1 Å². The van der Waals surface area contributed by atoms with Crippen molar-refractivity contribution < 1.29 is 19.1 Å². The Morgan fingerprint density at radius 1 is 1.27 bits per heavy atom. The number of halogens is 1. The number of ether oxygens (including phenoxy) is 1. The molecule has 0 radical (unpaired) electrons. The maximum atomic E-state index is 13.1. The number of carbonyl (C=O) groups excluding carboxylic acids is 3. The lowest BCUT2D eigenvalue weighted by Crippen LogP contribution is -2.57. The number of esters is 1. The van der Waals surface area contributed by atoms with Crippen molar-refractivity contribution in [2.24, 2.45) is 28.6 Å². The second-order valence-corrected chi connectivity index (χ2v) is 10.2. The van der Waals surface area contributed by atoms with Gasteiger partial charge >= 0.3 is 5.97 Å². The highest BCUT2D eigenvalue weighted by Gasteiger charge is 2.67. The molecular weight excluding hydrogens is 400 g/mol. The molecule has 30 heavy (non-hydrogen) atoms. The van der Waals surface area contributed by atoms with Gasteiger partial charge in [0.15, 0.2) is 17.2 Å². The third kappa shape index (κ3) is 2.75. The van der Waals surface area contributed by atoms with E-state index in [1.807, 2.05) is 6.08 Å². The summed E-state index contributed by atoms with van der Waals surface area (Å²) in [5, 5.41) is 0. The minimum absolute atomic E-state index is 0.0630. The Labute approximate surface area is 183 Å². The largest absolute Gasteiger partial charge is 0.450 e. The number of alkyl halides is 1. The molecule has 162 valence electrons. The van der Waals surface area contributed by atoms with Gasteiger partial charge in [-0.2, -0.15) is 0 Å². The summed E-state index contributed by atoms with van der Waals surface area (Å²) in [6.07, 6.45) is 11.1. The van der Waals surface area contributed by atoms with Gasteiger partial charge in [0.05, 0.1) is 5.88 Å². The Hall–Kier alpha value is -1.68. The van der Waals surface area contributed by atoms with Crippen LogP contribution in [0, 0.1) is 28.6 Å². The SMILES string of the molecule is CCC(=O)O[C@]1(C(=O)CCl)CC[C@H]2[C@@H]3C[C@H](C)C4=CC(=O)C=C[C@]4(C)C3=CC[C@@]21C. The van der Waals surface area contributed by atoms with Gasteiger partial charge in [0.25, 0.3) is 0 Å². The average molecular weight is 431 g/mol. The van der Waals surface area contributed by atoms with E-state index in [0.717, 1.165) is 12.8 Å². The smallest absolute Gasteiger partial charge is 0.306 e. The van der Waals surface area contributed by atoms with Crippen molar-refractivity contribution in [2.45, 2.75) is 65.4 Å². The fraction of sp³-hybridized carbons (Fsp3) is 0.640. The summed E-state index contributed by atoms with van der Waals surface area (Å²) < 4.78 is 5.95. The number of hydrogen-bond acceptors (Lipinski definition) is 4. The quantitative estimate of drug-likeness (QED) is 0.359. The first-order valence-corrected chi connectivity index (χ1v) is 11.6. The standard InChI is InChI=1S/C25H31ClO4/c1-5-22(29)30-25(21(28)14-26)11-8-19-17-12-15(2)20-13-16(27)6-9-23(20,3)18(17)7-10-24(19,25)4/h6-7,9,13,15,17,19H,5,8,10-12,14H2,1-4H3/t15-,17+,19-,23+,24-,25-/m0/s1. The molecule has 4 rings (SSSR count). The topological polar surface area (TPSA) is 60.4 Å². The highest BCUT2D eigenvalue weighted by atomic mass is 35.5. The third-order valence-electron chi connectivity index (χ3n) is 8.54. The predicted molar refractivity (Wildman–Crippen MR) is 116 cm³/mol. The van der Waals surface area contributed by atoms with Gasteiger partial charge in [-0.25, -0.2) is 0 Å². The molecule has 0 N–H and O–H groups in total. The van der Waals surface area contributed by atoms with Gasteiger partial charge in [-0.1, -0.05) is 38.5 Å². The van der Waals surface area contributed by atoms with Crippen LogP contribution in [0.25, 0.3) is 0 Å². The predicted octanol–water partition coefficient (Wildman–Crippen LogP) is 4.96. The van der Waals surface area contributed by atoms with E-state index in [2.05, 4.69) is 32.9 Å². The van der Waals surface area contributed by atoms with Crippen LogP contribution in [0.5, 0.6) is 0 Å². The molecule has 0 saturated heterocycles. The van der Waals surface area contributed by atoms with Gasteiger partial charge in [-0.15, -0.1) is 11.6 Å². The first kappa shape index (κ1) is 21.5. The second kappa shape index (κ2) is 7.19. The van der Waals surface area contributed by atoms with E-state index >= 15 is 0 Å². The van der Waals surface area contributed by atoms with Crippen LogP contribution in [-0.2, 0) is 19.1 Å². The monoisotopic (exact) mass is 430 g/mol. The zero-order chi connectivity index (χ0) is 21.9. The van der Waals surface area contributed by atoms with Crippen LogP contribution >= 0.6 is 11.6 Å². The van der Waals surface area contributed by atoms with Crippen molar-refractivity contribution in [1.82, 2.24) is 0 Å². The number of Topliss-reactive ketones (excluding diaryl/α,β-unsaturated/α-hetero) is 1. The Kier molecular flexibility index (Phi) is 5.16. The highest BCUT2D eigenvalue weighted by Crippen LogP contribution is 2.66. The molecule has 2 saturated carbocycles. The molecule has 0 aromatic rings. The van der Waals surface area contributed by atoms with Crippen LogP contribution in [0.2, 0.25) is 0 Å². The molecule has 6 atom stereocenters. The number of allylic oxidation sites excluding steroid dienone is 6. The van der Waals surface area contributed by atoms with Crippen LogP contribution in [0.3, 0.4) is 0 Å². The lowest BCUT2D eigenvalue weighted by atomic mass is 9.49. The second-order valence-electron chi connectivity index (χ2n) is 9.92. The normalized spacial score (nSPS) is 41.9. The third-order valence-corrected chi connectivity index (χ3v) is 8.79. The molecule has 2 fully saturated rings. The molecule has 0 aromatic carbocycles.